The molecule has 2 atom stereocenters. The zero-order valence-electron chi connectivity index (χ0n) is 12.3. The van der Waals surface area contributed by atoms with Gasteiger partial charge in [-0.2, -0.15) is 5.26 Å². The molecular weight excluding hydrogens is 380 g/mol. The van der Waals surface area contributed by atoms with Crippen LogP contribution in [0.4, 0.5) is 0 Å². The first-order valence-electron chi connectivity index (χ1n) is 6.35. The van der Waals surface area contributed by atoms with Crippen molar-refractivity contribution in [1.82, 2.24) is 0 Å². The molecule has 0 radical (unpaired) electrons. The fourth-order valence-electron chi connectivity index (χ4n) is 2.19. The molecule has 0 amide bonds. The normalized spacial score (nSPS) is 15.6. The number of carboxylic acids is 2. The summed E-state index contributed by atoms with van der Waals surface area (Å²) in [5.74, 6) is -4.27. The molecule has 0 aliphatic heterocycles. The van der Waals surface area contributed by atoms with Crippen LogP contribution in [0.1, 0.15) is 17.5 Å². The molecule has 0 spiro atoms. The number of benzene rings is 1. The number of carboxylic acid groups (broad SMARTS) is 2. The van der Waals surface area contributed by atoms with Crippen molar-refractivity contribution in [2.24, 2.45) is 0 Å². The van der Waals surface area contributed by atoms with E-state index in [9.17, 15) is 33.6 Å². The van der Waals surface area contributed by atoms with Crippen molar-refractivity contribution in [3.63, 3.8) is 0 Å². The minimum absolute atomic E-state index is 0.0264. The Balaban J connectivity index is 3.71. The van der Waals surface area contributed by atoms with E-state index in [0.29, 0.717) is 0 Å². The van der Waals surface area contributed by atoms with Gasteiger partial charge >= 0.3 is 27.1 Å². The lowest BCUT2D eigenvalue weighted by atomic mass is 9.92. The fraction of sp³-hybridized carbons (Fsp3) is 0.250. The minimum Gasteiger partial charge on any atom is -0.481 e. The number of hydrogen-bond donors (Lipinski definition) is 6. The monoisotopic (exact) mass is 393 g/mol. The highest BCUT2D eigenvalue weighted by Gasteiger charge is 2.59. The Bertz CT molecular complexity index is 817. The topological polar surface area (TPSA) is 213 Å². The molecular formula is C12H13NO10P2. The second-order valence-corrected chi connectivity index (χ2v) is 8.70. The van der Waals surface area contributed by atoms with Crippen molar-refractivity contribution in [3.05, 3.63) is 35.4 Å². The Morgan fingerprint density at radius 1 is 1.08 bits per heavy atom. The SMILES string of the molecule is N#Cc1ccc(C(CC(C(=O)O)P(=O)(O)O)(C(=O)O)P(=O)(O)O)cc1. The molecule has 25 heavy (non-hydrogen) atoms. The first kappa shape index (κ1) is 21.0. The molecule has 0 heterocycles. The van der Waals surface area contributed by atoms with Crippen LogP contribution in [-0.2, 0) is 23.9 Å². The van der Waals surface area contributed by atoms with E-state index in [1.165, 1.54) is 0 Å². The summed E-state index contributed by atoms with van der Waals surface area (Å²) in [4.78, 5) is 60.3. The number of nitriles is 1. The van der Waals surface area contributed by atoms with Crippen LogP contribution in [-0.4, -0.2) is 47.4 Å². The van der Waals surface area contributed by atoms with Crippen LogP contribution in [0.2, 0.25) is 0 Å². The molecule has 0 saturated carbocycles. The molecule has 6 N–H and O–H groups in total. The first-order valence-corrected chi connectivity index (χ1v) is 9.64. The van der Waals surface area contributed by atoms with Crippen molar-refractivity contribution in [1.29, 1.82) is 5.26 Å². The molecule has 0 saturated heterocycles. The van der Waals surface area contributed by atoms with Gasteiger partial charge < -0.3 is 29.8 Å². The lowest BCUT2D eigenvalue weighted by Crippen LogP contribution is -2.41. The largest absolute Gasteiger partial charge is 0.481 e. The first-order chi connectivity index (χ1) is 11.3. The highest BCUT2D eigenvalue weighted by Crippen LogP contribution is 2.62. The highest BCUT2D eigenvalue weighted by molar-refractivity contribution is 7.55. The van der Waals surface area contributed by atoms with Crippen molar-refractivity contribution >= 4 is 27.1 Å². The van der Waals surface area contributed by atoms with Crippen molar-refractivity contribution in [3.8, 4) is 6.07 Å². The summed E-state index contributed by atoms with van der Waals surface area (Å²) in [5, 5.41) is 23.9. The van der Waals surface area contributed by atoms with E-state index in [1.54, 1.807) is 6.07 Å². The number of rotatable bonds is 7. The van der Waals surface area contributed by atoms with Crippen LogP contribution in [0.15, 0.2) is 24.3 Å². The van der Waals surface area contributed by atoms with Crippen LogP contribution in [0, 0.1) is 11.3 Å². The van der Waals surface area contributed by atoms with E-state index in [0.717, 1.165) is 24.3 Å². The van der Waals surface area contributed by atoms with Crippen molar-refractivity contribution in [2.45, 2.75) is 17.2 Å². The maximum Gasteiger partial charge on any atom is 0.347 e. The van der Waals surface area contributed by atoms with Gasteiger partial charge in [-0.3, -0.25) is 18.7 Å². The maximum atomic E-state index is 11.9. The summed E-state index contributed by atoms with van der Waals surface area (Å²) in [6, 6.07) is 5.53. The molecule has 0 aliphatic rings. The molecule has 0 bridgehead atoms. The van der Waals surface area contributed by atoms with E-state index < -0.39 is 49.9 Å². The zero-order valence-corrected chi connectivity index (χ0v) is 14.0. The fourth-order valence-corrected chi connectivity index (χ4v) is 4.29. The van der Waals surface area contributed by atoms with Crippen LogP contribution in [0.3, 0.4) is 0 Å². The Hall–Kier alpha value is -2.05. The summed E-state index contributed by atoms with van der Waals surface area (Å²) >= 11 is 0. The third-order valence-corrected chi connectivity index (χ3v) is 6.36. The highest BCUT2D eigenvalue weighted by atomic mass is 31.2. The predicted octanol–water partition coefficient (Wildman–Crippen LogP) is 0.0369. The van der Waals surface area contributed by atoms with Gasteiger partial charge in [0.15, 0.2) is 10.8 Å². The summed E-state index contributed by atoms with van der Waals surface area (Å²) in [7, 11) is -11.1. The van der Waals surface area contributed by atoms with Crippen LogP contribution in [0.5, 0.6) is 0 Å². The van der Waals surface area contributed by atoms with Gasteiger partial charge in [-0.1, -0.05) is 12.1 Å². The average molecular weight is 393 g/mol. The van der Waals surface area contributed by atoms with E-state index in [1.807, 2.05) is 0 Å². The lowest BCUT2D eigenvalue weighted by Gasteiger charge is -2.32. The second kappa shape index (κ2) is 7.06. The zero-order chi connectivity index (χ0) is 19.6. The summed E-state index contributed by atoms with van der Waals surface area (Å²) in [6.45, 7) is 0. The number of aliphatic carboxylic acids is 2. The summed E-state index contributed by atoms with van der Waals surface area (Å²) < 4.78 is 23.3. The van der Waals surface area contributed by atoms with Crippen LogP contribution in [0.25, 0.3) is 0 Å². The molecule has 1 aromatic carbocycles. The quantitative estimate of drug-likeness (QED) is 0.340. The van der Waals surface area contributed by atoms with Gasteiger partial charge in [-0.05, 0) is 17.7 Å². The lowest BCUT2D eigenvalue weighted by molar-refractivity contribution is -0.142. The third-order valence-electron chi connectivity index (χ3n) is 3.52. The predicted molar refractivity (Wildman–Crippen MR) is 80.6 cm³/mol. The van der Waals surface area contributed by atoms with Gasteiger partial charge in [0.25, 0.3) is 0 Å². The van der Waals surface area contributed by atoms with Gasteiger partial charge in [0, 0.05) is 6.42 Å². The molecule has 0 aromatic heterocycles. The molecule has 13 heteroatoms. The van der Waals surface area contributed by atoms with E-state index >= 15 is 0 Å². The second-order valence-electron chi connectivity index (χ2n) is 5.05. The van der Waals surface area contributed by atoms with Gasteiger partial charge in [0.2, 0.25) is 0 Å². The Morgan fingerprint density at radius 2 is 1.56 bits per heavy atom. The Morgan fingerprint density at radius 3 is 1.84 bits per heavy atom. The van der Waals surface area contributed by atoms with Crippen molar-refractivity contribution in [2.75, 3.05) is 0 Å². The van der Waals surface area contributed by atoms with E-state index in [4.69, 9.17) is 20.2 Å². The molecule has 1 aromatic rings. The molecule has 1 rings (SSSR count). The van der Waals surface area contributed by atoms with Gasteiger partial charge in [-0.25, -0.2) is 0 Å². The minimum atomic E-state index is -5.66. The van der Waals surface area contributed by atoms with Crippen LogP contribution >= 0.6 is 15.2 Å². The molecule has 0 aliphatic carbocycles. The number of carbonyl (C=O) groups is 2. The molecule has 11 nitrogen and oxygen atoms in total. The van der Waals surface area contributed by atoms with Gasteiger partial charge in [0.1, 0.15) is 0 Å². The standard InChI is InChI=1S/C12H13NO10P2/c13-6-7-1-3-8(4-2-7)12(11(16)17,25(21,22)23)5-9(10(14)15)24(18,19)20/h1-4,9H,5H2,(H,14,15)(H,16,17)(H2,18,19,20)(H2,21,22,23). The molecule has 2 unspecified atom stereocenters. The Kier molecular flexibility index (Phi) is 5.93. The van der Waals surface area contributed by atoms with Gasteiger partial charge in [0.05, 0.1) is 11.6 Å². The van der Waals surface area contributed by atoms with E-state index in [2.05, 4.69) is 0 Å². The number of nitrogens with zero attached hydrogens (tertiary/aromatic N) is 1. The molecule has 0 fully saturated rings. The van der Waals surface area contributed by atoms with Crippen molar-refractivity contribution < 1.29 is 48.5 Å². The van der Waals surface area contributed by atoms with Crippen LogP contribution < -0.4 is 0 Å². The third kappa shape index (κ3) is 4.14. The molecule has 136 valence electrons. The number of hydrogen-bond acceptors (Lipinski definition) is 5. The van der Waals surface area contributed by atoms with E-state index in [-0.39, 0.29) is 5.56 Å². The van der Waals surface area contributed by atoms with Gasteiger partial charge in [-0.15, -0.1) is 0 Å². The summed E-state index contributed by atoms with van der Waals surface area (Å²) in [5.41, 5.74) is -3.22. The average Bonchev–Trinajstić information content (AvgIpc) is 2.45. The maximum absolute atomic E-state index is 11.9. The Labute approximate surface area is 140 Å². The summed E-state index contributed by atoms with van der Waals surface area (Å²) in [6.07, 6.45) is -1.56. The smallest absolute Gasteiger partial charge is 0.347 e.